The molecular formula is C13H16N2O5S. The number of sulfonamides is 1. The molecule has 1 aliphatic heterocycles. The van der Waals surface area contributed by atoms with Crippen LogP contribution < -0.4 is 5.32 Å². The lowest BCUT2D eigenvalue weighted by atomic mass is 10.2. The second-order valence-electron chi connectivity index (χ2n) is 4.82. The summed E-state index contributed by atoms with van der Waals surface area (Å²) in [6, 6.07) is 4.76. The summed E-state index contributed by atoms with van der Waals surface area (Å²) in [7, 11) is -3.89. The van der Waals surface area contributed by atoms with E-state index in [9.17, 15) is 18.0 Å². The second kappa shape index (κ2) is 5.82. The lowest BCUT2D eigenvalue weighted by Gasteiger charge is -2.21. The van der Waals surface area contributed by atoms with Gasteiger partial charge in [-0.3, -0.25) is 9.59 Å². The maximum atomic E-state index is 12.5. The Kier molecular flexibility index (Phi) is 4.29. The molecule has 2 N–H and O–H groups in total. The lowest BCUT2D eigenvalue weighted by molar-refractivity contribution is -0.140. The third-order valence-corrected chi connectivity index (χ3v) is 5.15. The minimum absolute atomic E-state index is 0.0260. The Hall–Kier alpha value is -1.93. The van der Waals surface area contributed by atoms with Gasteiger partial charge in [-0.15, -0.1) is 0 Å². The molecule has 114 valence electrons. The van der Waals surface area contributed by atoms with Crippen molar-refractivity contribution in [3.05, 3.63) is 24.3 Å². The van der Waals surface area contributed by atoms with E-state index < -0.39 is 22.0 Å². The molecule has 8 heteroatoms. The van der Waals surface area contributed by atoms with E-state index in [0.717, 1.165) is 4.31 Å². The number of rotatable bonds is 4. The summed E-state index contributed by atoms with van der Waals surface area (Å²) in [5, 5.41) is 11.6. The van der Waals surface area contributed by atoms with Gasteiger partial charge in [0.25, 0.3) is 0 Å². The molecule has 21 heavy (non-hydrogen) atoms. The summed E-state index contributed by atoms with van der Waals surface area (Å²) in [6.07, 6.45) is 0.821. The average molecular weight is 312 g/mol. The summed E-state index contributed by atoms with van der Waals surface area (Å²) in [4.78, 5) is 22.1. The van der Waals surface area contributed by atoms with Gasteiger partial charge in [-0.1, -0.05) is 6.07 Å². The molecule has 1 aromatic carbocycles. The molecule has 2 rings (SSSR count). The van der Waals surface area contributed by atoms with Gasteiger partial charge in [-0.2, -0.15) is 4.31 Å². The first-order valence-corrected chi connectivity index (χ1v) is 7.88. The molecule has 1 atom stereocenters. The fourth-order valence-electron chi connectivity index (χ4n) is 2.35. The predicted molar refractivity (Wildman–Crippen MR) is 75.3 cm³/mol. The Labute approximate surface area is 122 Å². The van der Waals surface area contributed by atoms with Crippen LogP contribution in [0.25, 0.3) is 0 Å². The first-order chi connectivity index (χ1) is 9.82. The number of anilines is 1. The number of hydrogen-bond acceptors (Lipinski definition) is 4. The zero-order valence-corrected chi connectivity index (χ0v) is 12.3. The Bertz CT molecular complexity index is 671. The van der Waals surface area contributed by atoms with E-state index in [-0.39, 0.29) is 17.3 Å². The number of carboxylic acids is 1. The highest BCUT2D eigenvalue weighted by atomic mass is 32.2. The summed E-state index contributed by atoms with van der Waals surface area (Å²) in [5.41, 5.74) is 0.356. The molecule has 0 aliphatic carbocycles. The average Bonchev–Trinajstić information content (AvgIpc) is 2.88. The Morgan fingerprint density at radius 2 is 2.10 bits per heavy atom. The predicted octanol–water partition coefficient (Wildman–Crippen LogP) is 0.883. The maximum absolute atomic E-state index is 12.5. The zero-order valence-electron chi connectivity index (χ0n) is 11.4. The molecule has 0 radical (unpaired) electrons. The molecule has 1 heterocycles. The van der Waals surface area contributed by atoms with Crippen LogP contribution in [0.2, 0.25) is 0 Å². The van der Waals surface area contributed by atoms with Gasteiger partial charge in [-0.05, 0) is 31.0 Å². The number of aliphatic carboxylic acids is 1. The highest BCUT2D eigenvalue weighted by Crippen LogP contribution is 2.27. The smallest absolute Gasteiger partial charge is 0.322 e. The fourth-order valence-corrected chi connectivity index (χ4v) is 4.04. The van der Waals surface area contributed by atoms with Crippen molar-refractivity contribution in [1.29, 1.82) is 0 Å². The topological polar surface area (TPSA) is 104 Å². The molecule has 1 aliphatic rings. The molecule has 1 amide bonds. The van der Waals surface area contributed by atoms with Crippen LogP contribution in [0, 0.1) is 0 Å². The quantitative estimate of drug-likeness (QED) is 0.859. The van der Waals surface area contributed by atoms with Crippen LogP contribution in [0.3, 0.4) is 0 Å². The molecule has 7 nitrogen and oxygen atoms in total. The first kappa shape index (κ1) is 15.5. The molecular weight excluding hydrogens is 296 g/mol. The van der Waals surface area contributed by atoms with E-state index >= 15 is 0 Å². The standard InChI is InChI=1S/C13H16N2O5S/c1-9(16)14-10-4-2-5-11(8-10)21(19,20)15-7-3-6-12(15)13(17)18/h2,4-5,8,12H,3,6-7H2,1H3,(H,14,16)(H,17,18). The van der Waals surface area contributed by atoms with Crippen molar-refractivity contribution in [2.75, 3.05) is 11.9 Å². The van der Waals surface area contributed by atoms with Crippen molar-refractivity contribution in [2.24, 2.45) is 0 Å². The summed E-state index contributed by atoms with van der Waals surface area (Å²) in [5.74, 6) is -1.46. The normalized spacial score (nSPS) is 19.4. The first-order valence-electron chi connectivity index (χ1n) is 6.44. The molecule has 0 bridgehead atoms. The van der Waals surface area contributed by atoms with Gasteiger partial charge >= 0.3 is 5.97 Å². The third kappa shape index (κ3) is 3.22. The molecule has 1 saturated heterocycles. The van der Waals surface area contributed by atoms with Crippen LogP contribution in [0.15, 0.2) is 29.2 Å². The van der Waals surface area contributed by atoms with E-state index in [2.05, 4.69) is 5.32 Å². The SMILES string of the molecule is CC(=O)Nc1cccc(S(=O)(=O)N2CCCC2C(=O)O)c1. The van der Waals surface area contributed by atoms with Crippen molar-refractivity contribution in [3.8, 4) is 0 Å². The Morgan fingerprint density at radius 1 is 1.38 bits per heavy atom. The maximum Gasteiger partial charge on any atom is 0.322 e. The monoisotopic (exact) mass is 312 g/mol. The number of amides is 1. The van der Waals surface area contributed by atoms with Crippen LogP contribution >= 0.6 is 0 Å². The highest BCUT2D eigenvalue weighted by Gasteiger charge is 2.39. The summed E-state index contributed by atoms with van der Waals surface area (Å²) in [6.45, 7) is 1.51. The van der Waals surface area contributed by atoms with Gasteiger partial charge in [-0.25, -0.2) is 8.42 Å². The van der Waals surface area contributed by atoms with Crippen LogP contribution in [-0.4, -0.2) is 42.3 Å². The van der Waals surface area contributed by atoms with E-state index in [4.69, 9.17) is 5.11 Å². The number of carboxylic acid groups (broad SMARTS) is 1. The van der Waals surface area contributed by atoms with Crippen LogP contribution in [0.1, 0.15) is 19.8 Å². The van der Waals surface area contributed by atoms with Crippen LogP contribution in [-0.2, 0) is 19.6 Å². The van der Waals surface area contributed by atoms with Crippen molar-refractivity contribution in [3.63, 3.8) is 0 Å². The van der Waals surface area contributed by atoms with Gasteiger partial charge in [0.1, 0.15) is 6.04 Å². The van der Waals surface area contributed by atoms with Gasteiger partial charge < -0.3 is 10.4 Å². The van der Waals surface area contributed by atoms with Crippen molar-refractivity contribution < 1.29 is 23.1 Å². The van der Waals surface area contributed by atoms with Gasteiger partial charge in [0, 0.05) is 19.2 Å². The van der Waals surface area contributed by atoms with E-state index in [1.165, 1.54) is 25.1 Å². The second-order valence-corrected chi connectivity index (χ2v) is 6.71. The summed E-state index contributed by atoms with van der Waals surface area (Å²) >= 11 is 0. The van der Waals surface area contributed by atoms with E-state index in [1.54, 1.807) is 6.07 Å². The van der Waals surface area contributed by atoms with E-state index in [1.807, 2.05) is 0 Å². The van der Waals surface area contributed by atoms with Gasteiger partial charge in [0.15, 0.2) is 0 Å². The minimum Gasteiger partial charge on any atom is -0.480 e. The van der Waals surface area contributed by atoms with Crippen molar-refractivity contribution in [2.45, 2.75) is 30.7 Å². The van der Waals surface area contributed by atoms with Gasteiger partial charge in [0.05, 0.1) is 4.90 Å². The number of benzene rings is 1. The largest absolute Gasteiger partial charge is 0.480 e. The molecule has 1 aromatic rings. The molecule has 0 aromatic heterocycles. The zero-order chi connectivity index (χ0) is 15.6. The van der Waals surface area contributed by atoms with Crippen LogP contribution in [0.4, 0.5) is 5.69 Å². The fraction of sp³-hybridized carbons (Fsp3) is 0.385. The minimum atomic E-state index is -3.89. The number of nitrogens with one attached hydrogen (secondary N) is 1. The number of hydrogen-bond donors (Lipinski definition) is 2. The number of carbonyl (C=O) groups is 2. The third-order valence-electron chi connectivity index (χ3n) is 3.25. The Morgan fingerprint density at radius 3 is 2.71 bits per heavy atom. The van der Waals surface area contributed by atoms with Crippen molar-refractivity contribution in [1.82, 2.24) is 4.31 Å². The highest BCUT2D eigenvalue weighted by molar-refractivity contribution is 7.89. The molecule has 1 fully saturated rings. The van der Waals surface area contributed by atoms with Crippen molar-refractivity contribution >= 4 is 27.6 Å². The summed E-state index contributed by atoms with van der Waals surface area (Å²) < 4.78 is 26.1. The van der Waals surface area contributed by atoms with E-state index in [0.29, 0.717) is 18.5 Å². The van der Waals surface area contributed by atoms with Crippen LogP contribution in [0.5, 0.6) is 0 Å². The lowest BCUT2D eigenvalue weighted by Crippen LogP contribution is -2.40. The molecule has 0 saturated carbocycles. The molecule has 1 unspecified atom stereocenters. The number of carbonyl (C=O) groups excluding carboxylic acids is 1. The van der Waals surface area contributed by atoms with Gasteiger partial charge in [0.2, 0.25) is 15.9 Å². The molecule has 0 spiro atoms. The number of nitrogens with zero attached hydrogens (tertiary/aromatic N) is 1. The Balaban J connectivity index is 2.35.